The Hall–Kier alpha value is -2.25. The average Bonchev–Trinajstić information content (AvgIpc) is 2.59. The van der Waals surface area contributed by atoms with Crippen molar-refractivity contribution in [3.05, 3.63) is 59.4 Å². The zero-order valence-corrected chi connectivity index (χ0v) is 15.4. The molecule has 2 aromatic rings. The Morgan fingerprint density at radius 1 is 1.24 bits per heavy atom. The standard InChI is InChI=1S/C18H23N3O3S/c1-13(2)10-20-18(22)17-9-16(7-6-14(17)3)25(23,24)21-12-15-5-4-8-19-11-15/h4-9,11,13,21H,10,12H2,1-3H3,(H,20,22). The van der Waals surface area contributed by atoms with Gasteiger partial charge in [-0.15, -0.1) is 0 Å². The van der Waals surface area contributed by atoms with Crippen LogP contribution in [0, 0.1) is 12.8 Å². The fourth-order valence-corrected chi connectivity index (χ4v) is 3.21. The van der Waals surface area contributed by atoms with E-state index in [0.29, 0.717) is 18.0 Å². The van der Waals surface area contributed by atoms with E-state index in [2.05, 4.69) is 15.0 Å². The zero-order valence-electron chi connectivity index (χ0n) is 14.6. The summed E-state index contributed by atoms with van der Waals surface area (Å²) in [7, 11) is -3.72. The van der Waals surface area contributed by atoms with Gasteiger partial charge in [0.15, 0.2) is 0 Å². The summed E-state index contributed by atoms with van der Waals surface area (Å²) in [5.74, 6) is 0.0489. The van der Waals surface area contributed by atoms with E-state index in [1.54, 1.807) is 37.5 Å². The first-order valence-electron chi connectivity index (χ1n) is 8.07. The zero-order chi connectivity index (χ0) is 18.4. The minimum atomic E-state index is -3.72. The molecule has 0 bridgehead atoms. The van der Waals surface area contributed by atoms with Crippen LogP contribution in [0.15, 0.2) is 47.6 Å². The fourth-order valence-electron chi connectivity index (χ4n) is 2.17. The van der Waals surface area contributed by atoms with Crippen LogP contribution in [0.2, 0.25) is 0 Å². The molecule has 7 heteroatoms. The van der Waals surface area contributed by atoms with Gasteiger partial charge in [-0.2, -0.15) is 0 Å². The van der Waals surface area contributed by atoms with Gasteiger partial charge >= 0.3 is 0 Å². The van der Waals surface area contributed by atoms with Crippen molar-refractivity contribution in [1.82, 2.24) is 15.0 Å². The summed E-state index contributed by atoms with van der Waals surface area (Å²) in [6.45, 7) is 6.45. The van der Waals surface area contributed by atoms with E-state index in [0.717, 1.165) is 11.1 Å². The average molecular weight is 361 g/mol. The van der Waals surface area contributed by atoms with Crippen LogP contribution in [0.5, 0.6) is 0 Å². The van der Waals surface area contributed by atoms with E-state index in [-0.39, 0.29) is 17.3 Å². The molecule has 2 rings (SSSR count). The van der Waals surface area contributed by atoms with Gasteiger partial charge in [-0.05, 0) is 42.2 Å². The molecule has 0 saturated carbocycles. The third-order valence-electron chi connectivity index (χ3n) is 3.62. The van der Waals surface area contributed by atoms with Gasteiger partial charge in [0, 0.05) is 31.0 Å². The first-order chi connectivity index (χ1) is 11.8. The number of rotatable bonds is 7. The molecular weight excluding hydrogens is 338 g/mol. The molecule has 0 atom stereocenters. The molecule has 1 aromatic heterocycles. The van der Waals surface area contributed by atoms with Gasteiger partial charge in [-0.25, -0.2) is 13.1 Å². The molecule has 25 heavy (non-hydrogen) atoms. The normalized spacial score (nSPS) is 11.5. The van der Waals surface area contributed by atoms with Gasteiger partial charge in [0.1, 0.15) is 0 Å². The molecule has 0 aliphatic carbocycles. The molecule has 0 saturated heterocycles. The van der Waals surface area contributed by atoms with Crippen LogP contribution in [-0.2, 0) is 16.6 Å². The van der Waals surface area contributed by atoms with Crippen molar-refractivity contribution in [3.63, 3.8) is 0 Å². The maximum atomic E-state index is 12.5. The largest absolute Gasteiger partial charge is 0.352 e. The Labute approximate surface area is 148 Å². The second-order valence-corrected chi connectivity index (χ2v) is 8.03. The Morgan fingerprint density at radius 2 is 2.00 bits per heavy atom. The van der Waals surface area contributed by atoms with Crippen LogP contribution in [-0.4, -0.2) is 25.9 Å². The number of carbonyl (C=O) groups is 1. The van der Waals surface area contributed by atoms with Gasteiger partial charge in [0.25, 0.3) is 5.91 Å². The maximum absolute atomic E-state index is 12.5. The number of nitrogens with zero attached hydrogens (tertiary/aromatic N) is 1. The fraction of sp³-hybridized carbons (Fsp3) is 0.333. The number of carbonyl (C=O) groups excluding carboxylic acids is 1. The summed E-state index contributed by atoms with van der Waals surface area (Å²) in [5.41, 5.74) is 1.85. The van der Waals surface area contributed by atoms with E-state index in [9.17, 15) is 13.2 Å². The molecule has 0 aliphatic rings. The lowest BCUT2D eigenvalue weighted by Gasteiger charge is -2.12. The molecule has 1 amide bonds. The number of aromatic nitrogens is 1. The van der Waals surface area contributed by atoms with Gasteiger partial charge in [0.2, 0.25) is 10.0 Å². The van der Waals surface area contributed by atoms with Crippen molar-refractivity contribution in [1.29, 1.82) is 0 Å². The number of hydrogen-bond donors (Lipinski definition) is 2. The van der Waals surface area contributed by atoms with Crippen LogP contribution < -0.4 is 10.0 Å². The van der Waals surface area contributed by atoms with Crippen LogP contribution in [0.1, 0.15) is 35.3 Å². The third-order valence-corrected chi connectivity index (χ3v) is 5.02. The van der Waals surface area contributed by atoms with Crippen molar-refractivity contribution < 1.29 is 13.2 Å². The predicted molar refractivity (Wildman–Crippen MR) is 96.6 cm³/mol. The number of hydrogen-bond acceptors (Lipinski definition) is 4. The number of pyridine rings is 1. The Balaban J connectivity index is 2.18. The Morgan fingerprint density at radius 3 is 2.64 bits per heavy atom. The molecular formula is C18H23N3O3S. The molecule has 0 radical (unpaired) electrons. The van der Waals surface area contributed by atoms with Crippen molar-refractivity contribution in [2.45, 2.75) is 32.2 Å². The van der Waals surface area contributed by atoms with Crippen LogP contribution in [0.3, 0.4) is 0 Å². The van der Waals surface area contributed by atoms with Crippen molar-refractivity contribution in [3.8, 4) is 0 Å². The quantitative estimate of drug-likeness (QED) is 0.792. The highest BCUT2D eigenvalue weighted by molar-refractivity contribution is 7.89. The highest BCUT2D eigenvalue weighted by Gasteiger charge is 2.18. The summed E-state index contributed by atoms with van der Waals surface area (Å²) in [5, 5.41) is 2.81. The summed E-state index contributed by atoms with van der Waals surface area (Å²) in [6.07, 6.45) is 3.22. The molecule has 0 fully saturated rings. The SMILES string of the molecule is Cc1ccc(S(=O)(=O)NCc2cccnc2)cc1C(=O)NCC(C)C. The van der Waals surface area contributed by atoms with Crippen molar-refractivity contribution >= 4 is 15.9 Å². The topological polar surface area (TPSA) is 88.2 Å². The summed E-state index contributed by atoms with van der Waals surface area (Å²) < 4.78 is 27.5. The van der Waals surface area contributed by atoms with E-state index >= 15 is 0 Å². The van der Waals surface area contributed by atoms with Gasteiger partial charge in [-0.3, -0.25) is 9.78 Å². The number of amides is 1. The summed E-state index contributed by atoms with van der Waals surface area (Å²) in [4.78, 5) is 16.3. The Bertz CT molecular complexity index is 834. The number of nitrogens with one attached hydrogen (secondary N) is 2. The van der Waals surface area contributed by atoms with Crippen LogP contribution in [0.4, 0.5) is 0 Å². The minimum absolute atomic E-state index is 0.0664. The monoisotopic (exact) mass is 361 g/mol. The Kier molecular flexibility index (Phi) is 6.27. The summed E-state index contributed by atoms with van der Waals surface area (Å²) >= 11 is 0. The molecule has 0 unspecified atom stereocenters. The molecule has 134 valence electrons. The first-order valence-corrected chi connectivity index (χ1v) is 9.55. The van der Waals surface area contributed by atoms with Gasteiger partial charge in [0.05, 0.1) is 4.90 Å². The molecule has 0 spiro atoms. The van der Waals surface area contributed by atoms with Crippen LogP contribution >= 0.6 is 0 Å². The predicted octanol–water partition coefficient (Wildman–Crippen LogP) is 2.25. The number of benzene rings is 1. The van der Waals surface area contributed by atoms with Crippen molar-refractivity contribution in [2.75, 3.05) is 6.54 Å². The van der Waals surface area contributed by atoms with Crippen LogP contribution in [0.25, 0.3) is 0 Å². The van der Waals surface area contributed by atoms with E-state index in [1.807, 2.05) is 13.8 Å². The minimum Gasteiger partial charge on any atom is -0.352 e. The lowest BCUT2D eigenvalue weighted by molar-refractivity contribution is 0.0948. The molecule has 6 nitrogen and oxygen atoms in total. The lowest BCUT2D eigenvalue weighted by Crippen LogP contribution is -2.28. The molecule has 1 aromatic carbocycles. The van der Waals surface area contributed by atoms with Gasteiger partial charge in [-0.1, -0.05) is 26.0 Å². The van der Waals surface area contributed by atoms with E-state index in [4.69, 9.17) is 0 Å². The number of sulfonamides is 1. The highest BCUT2D eigenvalue weighted by Crippen LogP contribution is 2.16. The van der Waals surface area contributed by atoms with Gasteiger partial charge < -0.3 is 5.32 Å². The molecule has 0 aliphatic heterocycles. The highest BCUT2D eigenvalue weighted by atomic mass is 32.2. The summed E-state index contributed by atoms with van der Waals surface area (Å²) in [6, 6.07) is 8.09. The van der Waals surface area contributed by atoms with E-state index < -0.39 is 10.0 Å². The lowest BCUT2D eigenvalue weighted by atomic mass is 10.1. The number of aryl methyl sites for hydroxylation is 1. The molecule has 2 N–H and O–H groups in total. The first kappa shape index (κ1) is 19.1. The second-order valence-electron chi connectivity index (χ2n) is 6.27. The second kappa shape index (κ2) is 8.22. The third kappa shape index (κ3) is 5.37. The maximum Gasteiger partial charge on any atom is 0.251 e. The smallest absolute Gasteiger partial charge is 0.251 e. The van der Waals surface area contributed by atoms with E-state index in [1.165, 1.54) is 12.1 Å². The molecule has 1 heterocycles. The van der Waals surface area contributed by atoms with Crippen molar-refractivity contribution in [2.24, 2.45) is 5.92 Å².